The molecule has 4 rings (SSSR count). The number of piperidine rings is 1. The van der Waals surface area contributed by atoms with Crippen LogP contribution < -0.4 is 10.6 Å². The van der Waals surface area contributed by atoms with E-state index in [4.69, 9.17) is 46.4 Å². The fourth-order valence-corrected chi connectivity index (χ4v) is 5.85. The zero-order valence-corrected chi connectivity index (χ0v) is 22.6. The number of amides is 2. The summed E-state index contributed by atoms with van der Waals surface area (Å²) in [5.41, 5.74) is 0.711. The summed E-state index contributed by atoms with van der Waals surface area (Å²) in [6.45, 7) is 1.55. The molecule has 0 aromatic heterocycles. The van der Waals surface area contributed by atoms with Gasteiger partial charge in [0.2, 0.25) is 11.8 Å². The van der Waals surface area contributed by atoms with Crippen LogP contribution in [0, 0.1) is 0 Å². The third-order valence-electron chi connectivity index (χ3n) is 7.13. The van der Waals surface area contributed by atoms with Crippen molar-refractivity contribution in [3.8, 4) is 0 Å². The molecule has 1 saturated heterocycles. The third-order valence-corrected chi connectivity index (χ3v) is 8.26. The lowest BCUT2D eigenvalue weighted by Gasteiger charge is -2.33. The molecule has 2 N–H and O–H groups in total. The Morgan fingerprint density at radius 3 is 2.34 bits per heavy atom. The molecule has 2 amide bonds. The highest BCUT2D eigenvalue weighted by Crippen LogP contribution is 2.51. The van der Waals surface area contributed by atoms with Crippen LogP contribution in [0.2, 0.25) is 20.1 Å². The molecule has 1 saturated carbocycles. The molecule has 2 atom stereocenters. The number of carbonyl (C=O) groups is 2. The molecule has 5 nitrogen and oxygen atoms in total. The zero-order chi connectivity index (χ0) is 25.2. The number of nitrogens with one attached hydrogen (secondary N) is 2. The van der Waals surface area contributed by atoms with E-state index in [-0.39, 0.29) is 24.3 Å². The lowest BCUT2D eigenvalue weighted by molar-refractivity contribution is -0.130. The van der Waals surface area contributed by atoms with E-state index in [1.807, 2.05) is 0 Å². The van der Waals surface area contributed by atoms with Gasteiger partial charge in [-0.15, -0.1) is 0 Å². The Labute approximate surface area is 226 Å². The van der Waals surface area contributed by atoms with Crippen LogP contribution in [-0.2, 0) is 21.4 Å². The Bertz CT molecular complexity index is 1110. The number of hydrogen-bond acceptors (Lipinski definition) is 3. The van der Waals surface area contributed by atoms with Gasteiger partial charge in [0.25, 0.3) is 0 Å². The highest BCUT2D eigenvalue weighted by atomic mass is 35.5. The van der Waals surface area contributed by atoms with Gasteiger partial charge in [0, 0.05) is 39.1 Å². The highest BCUT2D eigenvalue weighted by Gasteiger charge is 2.53. The quantitative estimate of drug-likeness (QED) is 0.441. The first-order valence-electron chi connectivity index (χ1n) is 11.9. The van der Waals surface area contributed by atoms with Crippen LogP contribution in [-0.4, -0.2) is 48.9 Å². The van der Waals surface area contributed by atoms with E-state index in [1.165, 1.54) is 6.42 Å². The van der Waals surface area contributed by atoms with Crippen molar-refractivity contribution in [3.05, 3.63) is 67.6 Å². The Hall–Kier alpha value is -1.50. The second kappa shape index (κ2) is 11.3. The molecule has 0 spiro atoms. The average Bonchev–Trinajstić information content (AvgIpc) is 3.61. The second-order valence-corrected chi connectivity index (χ2v) is 11.2. The highest BCUT2D eigenvalue weighted by molar-refractivity contribution is 6.35. The Kier molecular flexibility index (Phi) is 8.55. The topological polar surface area (TPSA) is 61.4 Å². The van der Waals surface area contributed by atoms with Gasteiger partial charge in [-0.2, -0.15) is 0 Å². The zero-order valence-electron chi connectivity index (χ0n) is 19.6. The van der Waals surface area contributed by atoms with Crippen LogP contribution >= 0.6 is 46.4 Å². The molecule has 2 aromatic rings. The monoisotopic (exact) mass is 555 g/mol. The summed E-state index contributed by atoms with van der Waals surface area (Å²) in [5, 5.41) is 7.99. The molecule has 2 fully saturated rings. The normalized spacial score (nSPS) is 20.2. The van der Waals surface area contributed by atoms with Gasteiger partial charge < -0.3 is 15.5 Å². The van der Waals surface area contributed by atoms with Gasteiger partial charge in [0.05, 0.1) is 5.41 Å². The first-order valence-corrected chi connectivity index (χ1v) is 13.4. The number of benzene rings is 2. The molecule has 1 unspecified atom stereocenters. The minimum absolute atomic E-state index is 0.221. The lowest BCUT2D eigenvalue weighted by Crippen LogP contribution is -2.53. The molecule has 1 aliphatic heterocycles. The molecular formula is C26H29Cl4N3O2. The van der Waals surface area contributed by atoms with Gasteiger partial charge in [0.1, 0.15) is 6.04 Å². The molecule has 9 heteroatoms. The van der Waals surface area contributed by atoms with E-state index in [1.54, 1.807) is 36.4 Å². The molecule has 2 aliphatic rings. The molecule has 1 heterocycles. The van der Waals surface area contributed by atoms with Crippen molar-refractivity contribution in [1.82, 2.24) is 15.5 Å². The number of nitrogens with zero attached hydrogens (tertiary/aromatic N) is 1. The van der Waals surface area contributed by atoms with Crippen molar-refractivity contribution >= 4 is 58.2 Å². The number of likely N-dealkylation sites (N-methyl/N-ethyl adjacent to an activating group) is 1. The Morgan fingerprint density at radius 1 is 1.03 bits per heavy atom. The number of rotatable bonds is 8. The Morgan fingerprint density at radius 2 is 1.71 bits per heavy atom. The molecule has 188 valence electrons. The first-order chi connectivity index (χ1) is 16.7. The van der Waals surface area contributed by atoms with Gasteiger partial charge in [-0.25, -0.2) is 0 Å². The van der Waals surface area contributed by atoms with Crippen molar-refractivity contribution in [3.63, 3.8) is 0 Å². The van der Waals surface area contributed by atoms with Crippen molar-refractivity contribution in [2.45, 2.75) is 56.0 Å². The van der Waals surface area contributed by atoms with Crippen LogP contribution in [0.25, 0.3) is 0 Å². The third kappa shape index (κ3) is 6.26. The second-order valence-electron chi connectivity index (χ2n) is 9.55. The van der Waals surface area contributed by atoms with Crippen LogP contribution in [0.3, 0.4) is 0 Å². The molecule has 0 bridgehead atoms. The number of carbonyl (C=O) groups excluding carboxylic acids is 2. The smallest absolute Gasteiger partial charge is 0.242 e. The van der Waals surface area contributed by atoms with E-state index < -0.39 is 11.5 Å². The summed E-state index contributed by atoms with van der Waals surface area (Å²) in [6, 6.07) is 9.81. The van der Waals surface area contributed by atoms with Crippen LogP contribution in [0.5, 0.6) is 0 Å². The molecular weight excluding hydrogens is 528 g/mol. The standard InChI is InChI=1S/C26H29Cl4N3O2/c1-33-11-3-2-4-19(33)15-31-24(34)23(12-16-5-6-17(27)13-21(16)29)32-25(35)26(9-10-26)20-8-7-18(28)14-22(20)30/h5-8,13-14,19,23H,2-4,9-12,15H2,1H3,(H,31,34)(H,32,35)/t19?,23-/m0/s1. The molecule has 1 aliphatic carbocycles. The summed E-state index contributed by atoms with van der Waals surface area (Å²) >= 11 is 24.9. The van der Waals surface area contributed by atoms with E-state index in [0.29, 0.717) is 39.5 Å². The van der Waals surface area contributed by atoms with Crippen molar-refractivity contribution in [2.75, 3.05) is 20.1 Å². The van der Waals surface area contributed by atoms with E-state index in [9.17, 15) is 9.59 Å². The van der Waals surface area contributed by atoms with Crippen LogP contribution in [0.1, 0.15) is 43.2 Å². The SMILES string of the molecule is CN1CCCCC1CNC(=O)[C@H](Cc1ccc(Cl)cc1Cl)NC(=O)C1(c2ccc(Cl)cc2Cl)CC1. The first kappa shape index (κ1) is 26.6. The predicted octanol–water partition coefficient (Wildman–Crippen LogP) is 5.66. The number of hydrogen-bond donors (Lipinski definition) is 2. The summed E-state index contributed by atoms with van der Waals surface area (Å²) in [4.78, 5) is 29.1. The summed E-state index contributed by atoms with van der Waals surface area (Å²) in [6.07, 6.45) is 4.92. The maximum atomic E-state index is 13.5. The maximum absolute atomic E-state index is 13.5. The average molecular weight is 557 g/mol. The van der Waals surface area contributed by atoms with Gasteiger partial charge in [-0.05, 0) is 74.7 Å². The fourth-order valence-electron chi connectivity index (χ4n) is 4.78. The largest absolute Gasteiger partial charge is 0.353 e. The van der Waals surface area contributed by atoms with Gasteiger partial charge >= 0.3 is 0 Å². The summed E-state index contributed by atoms with van der Waals surface area (Å²) in [5.74, 6) is -0.455. The van der Waals surface area contributed by atoms with E-state index >= 15 is 0 Å². The van der Waals surface area contributed by atoms with Crippen molar-refractivity contribution in [2.24, 2.45) is 0 Å². The molecule has 2 aromatic carbocycles. The Balaban J connectivity index is 1.52. The van der Waals surface area contributed by atoms with E-state index in [2.05, 4.69) is 22.6 Å². The van der Waals surface area contributed by atoms with E-state index in [0.717, 1.165) is 30.5 Å². The van der Waals surface area contributed by atoms with Crippen molar-refractivity contribution in [1.29, 1.82) is 0 Å². The van der Waals surface area contributed by atoms with Gasteiger partial charge in [0.15, 0.2) is 0 Å². The summed E-state index contributed by atoms with van der Waals surface area (Å²) < 4.78 is 0. The minimum atomic E-state index is -0.793. The molecule has 0 radical (unpaired) electrons. The van der Waals surface area contributed by atoms with Crippen LogP contribution in [0.15, 0.2) is 36.4 Å². The predicted molar refractivity (Wildman–Crippen MR) is 143 cm³/mol. The minimum Gasteiger partial charge on any atom is -0.353 e. The number of likely N-dealkylation sites (tertiary alicyclic amines) is 1. The molecule has 35 heavy (non-hydrogen) atoms. The van der Waals surface area contributed by atoms with Crippen LogP contribution in [0.4, 0.5) is 0 Å². The van der Waals surface area contributed by atoms with Crippen molar-refractivity contribution < 1.29 is 9.59 Å². The maximum Gasteiger partial charge on any atom is 0.242 e. The summed E-state index contributed by atoms with van der Waals surface area (Å²) in [7, 11) is 2.08. The lowest BCUT2D eigenvalue weighted by atomic mass is 9.93. The fraction of sp³-hybridized carbons (Fsp3) is 0.462. The van der Waals surface area contributed by atoms with Gasteiger partial charge in [-0.3, -0.25) is 9.59 Å². The number of halogens is 4. The van der Waals surface area contributed by atoms with Gasteiger partial charge in [-0.1, -0.05) is 65.0 Å².